The third-order valence-corrected chi connectivity index (χ3v) is 2.97. The van der Waals surface area contributed by atoms with E-state index in [0.29, 0.717) is 32.6 Å². The Labute approximate surface area is 101 Å². The van der Waals surface area contributed by atoms with Gasteiger partial charge in [-0.2, -0.15) is 0 Å². The summed E-state index contributed by atoms with van der Waals surface area (Å²) in [6.07, 6.45) is 0. The summed E-state index contributed by atoms with van der Waals surface area (Å²) < 4.78 is 5.63. The first-order valence-electron chi connectivity index (χ1n) is 5.07. The number of nitrogens with two attached hydrogens (primary N) is 1. The Morgan fingerprint density at radius 1 is 1.12 bits per heavy atom. The molecule has 0 saturated carbocycles. The molecule has 4 heteroatoms. The van der Waals surface area contributed by atoms with Gasteiger partial charge in [-0.05, 0) is 30.3 Å². The molecule has 1 aromatic heterocycles. The van der Waals surface area contributed by atoms with Crippen molar-refractivity contribution in [1.29, 1.82) is 0 Å². The van der Waals surface area contributed by atoms with E-state index in [2.05, 4.69) is 0 Å². The number of anilines is 1. The van der Waals surface area contributed by atoms with Crippen LogP contribution in [-0.2, 0) is 0 Å². The molecule has 3 nitrogen and oxygen atoms in total. The predicted molar refractivity (Wildman–Crippen MR) is 69.4 cm³/mol. The van der Waals surface area contributed by atoms with Crippen LogP contribution >= 0.6 is 11.6 Å². The van der Waals surface area contributed by atoms with Gasteiger partial charge in [0.25, 0.3) is 0 Å². The molecule has 84 valence electrons. The molecular formula is C13H8ClNO2. The number of halogens is 1. The molecule has 0 spiro atoms. The van der Waals surface area contributed by atoms with Crippen molar-refractivity contribution in [1.82, 2.24) is 0 Å². The normalized spacial score (nSPS) is 11.1. The number of rotatable bonds is 0. The molecule has 0 saturated heterocycles. The van der Waals surface area contributed by atoms with Gasteiger partial charge in [-0.1, -0.05) is 17.7 Å². The highest BCUT2D eigenvalue weighted by atomic mass is 35.5. The van der Waals surface area contributed by atoms with Crippen molar-refractivity contribution in [3.63, 3.8) is 0 Å². The molecule has 2 N–H and O–H groups in total. The van der Waals surface area contributed by atoms with Gasteiger partial charge in [0.15, 0.2) is 5.58 Å². The maximum atomic E-state index is 12.2. The molecule has 1 heterocycles. The van der Waals surface area contributed by atoms with Crippen molar-refractivity contribution in [3.05, 3.63) is 51.6 Å². The van der Waals surface area contributed by atoms with E-state index in [9.17, 15) is 4.79 Å². The predicted octanol–water partition coefficient (Wildman–Crippen LogP) is 3.18. The summed E-state index contributed by atoms with van der Waals surface area (Å²) in [5.74, 6) is 0. The first-order valence-corrected chi connectivity index (χ1v) is 5.45. The van der Waals surface area contributed by atoms with Crippen LogP contribution in [0.2, 0.25) is 5.02 Å². The maximum Gasteiger partial charge on any atom is 0.200 e. The van der Waals surface area contributed by atoms with E-state index in [0.717, 1.165) is 0 Å². The van der Waals surface area contributed by atoms with Gasteiger partial charge in [0.2, 0.25) is 5.43 Å². The standard InChI is InChI=1S/C13H8ClNO2/c14-10-3-1-2-8-12(16)9-6-7(15)4-5-11(9)17-13(8)10/h1-6H,15H2. The van der Waals surface area contributed by atoms with Gasteiger partial charge in [0.05, 0.1) is 15.8 Å². The van der Waals surface area contributed by atoms with Gasteiger partial charge in [-0.15, -0.1) is 0 Å². The van der Waals surface area contributed by atoms with Gasteiger partial charge in [0, 0.05) is 5.69 Å². The number of fused-ring (bicyclic) bond motifs is 2. The summed E-state index contributed by atoms with van der Waals surface area (Å²) in [7, 11) is 0. The Morgan fingerprint density at radius 2 is 1.94 bits per heavy atom. The van der Waals surface area contributed by atoms with E-state index in [-0.39, 0.29) is 5.43 Å². The Balaban J connectivity index is 2.62. The zero-order valence-electron chi connectivity index (χ0n) is 8.74. The summed E-state index contributed by atoms with van der Waals surface area (Å²) in [4.78, 5) is 12.2. The second-order valence-electron chi connectivity index (χ2n) is 3.80. The van der Waals surface area contributed by atoms with Crippen LogP contribution < -0.4 is 11.2 Å². The Kier molecular flexibility index (Phi) is 2.09. The summed E-state index contributed by atoms with van der Waals surface area (Å²) in [5.41, 5.74) is 6.98. The molecule has 3 aromatic rings. The molecule has 2 aromatic carbocycles. The zero-order chi connectivity index (χ0) is 12.0. The van der Waals surface area contributed by atoms with Crippen LogP contribution in [0.25, 0.3) is 21.9 Å². The summed E-state index contributed by atoms with van der Waals surface area (Å²) in [6, 6.07) is 10.1. The molecule has 0 aliphatic carbocycles. The van der Waals surface area contributed by atoms with Gasteiger partial charge in [-0.25, -0.2) is 0 Å². The monoisotopic (exact) mass is 245 g/mol. The molecule has 0 aliphatic rings. The van der Waals surface area contributed by atoms with Crippen molar-refractivity contribution in [3.8, 4) is 0 Å². The topological polar surface area (TPSA) is 56.2 Å². The van der Waals surface area contributed by atoms with Crippen molar-refractivity contribution in [2.45, 2.75) is 0 Å². The van der Waals surface area contributed by atoms with E-state index >= 15 is 0 Å². The first-order chi connectivity index (χ1) is 8.16. The van der Waals surface area contributed by atoms with Gasteiger partial charge in [0.1, 0.15) is 5.58 Å². The van der Waals surface area contributed by atoms with Crippen molar-refractivity contribution in [2.75, 3.05) is 5.73 Å². The highest BCUT2D eigenvalue weighted by molar-refractivity contribution is 6.34. The lowest BCUT2D eigenvalue weighted by atomic mass is 10.1. The van der Waals surface area contributed by atoms with Crippen molar-refractivity contribution in [2.24, 2.45) is 0 Å². The minimum Gasteiger partial charge on any atom is -0.454 e. The SMILES string of the molecule is Nc1ccc2oc3c(Cl)cccc3c(=O)c2c1. The van der Waals surface area contributed by atoms with Crippen LogP contribution in [0.1, 0.15) is 0 Å². The van der Waals surface area contributed by atoms with E-state index in [4.69, 9.17) is 21.8 Å². The average Bonchev–Trinajstić information content (AvgIpc) is 2.32. The quantitative estimate of drug-likeness (QED) is 0.489. The fraction of sp³-hybridized carbons (Fsp3) is 0. The molecule has 0 bridgehead atoms. The molecule has 0 atom stereocenters. The van der Waals surface area contributed by atoms with Crippen LogP contribution in [0.3, 0.4) is 0 Å². The Bertz CT molecular complexity index is 786. The number of hydrogen-bond donors (Lipinski definition) is 1. The van der Waals surface area contributed by atoms with Gasteiger partial charge in [-0.3, -0.25) is 4.79 Å². The largest absolute Gasteiger partial charge is 0.454 e. The molecule has 0 amide bonds. The lowest BCUT2D eigenvalue weighted by Gasteiger charge is -2.03. The second kappa shape index (κ2) is 3.50. The molecule has 3 rings (SSSR count). The van der Waals surface area contributed by atoms with E-state index in [1.165, 1.54) is 0 Å². The van der Waals surface area contributed by atoms with Crippen LogP contribution in [0.5, 0.6) is 0 Å². The third-order valence-electron chi connectivity index (χ3n) is 2.67. The molecular weight excluding hydrogens is 238 g/mol. The fourth-order valence-corrected chi connectivity index (χ4v) is 2.07. The third kappa shape index (κ3) is 1.47. The molecule has 0 fully saturated rings. The highest BCUT2D eigenvalue weighted by Gasteiger charge is 2.09. The van der Waals surface area contributed by atoms with Crippen LogP contribution in [0.4, 0.5) is 5.69 Å². The number of benzene rings is 2. The lowest BCUT2D eigenvalue weighted by Crippen LogP contribution is -2.02. The molecule has 17 heavy (non-hydrogen) atoms. The zero-order valence-corrected chi connectivity index (χ0v) is 9.49. The molecule has 0 unspecified atom stereocenters. The van der Waals surface area contributed by atoms with Crippen LogP contribution in [0.15, 0.2) is 45.6 Å². The van der Waals surface area contributed by atoms with Crippen molar-refractivity contribution < 1.29 is 4.42 Å². The van der Waals surface area contributed by atoms with E-state index < -0.39 is 0 Å². The first kappa shape index (κ1) is 10.2. The Morgan fingerprint density at radius 3 is 2.76 bits per heavy atom. The van der Waals surface area contributed by atoms with E-state index in [1.807, 2.05) is 0 Å². The van der Waals surface area contributed by atoms with E-state index in [1.54, 1.807) is 36.4 Å². The minimum absolute atomic E-state index is 0.115. The fourth-order valence-electron chi connectivity index (χ4n) is 1.86. The van der Waals surface area contributed by atoms with Crippen molar-refractivity contribution >= 4 is 39.2 Å². The molecule has 0 aliphatic heterocycles. The minimum atomic E-state index is -0.115. The number of nitrogen functional groups attached to an aromatic ring is 1. The molecule has 0 radical (unpaired) electrons. The van der Waals surface area contributed by atoms with Gasteiger partial charge >= 0.3 is 0 Å². The van der Waals surface area contributed by atoms with Crippen LogP contribution in [-0.4, -0.2) is 0 Å². The number of hydrogen-bond acceptors (Lipinski definition) is 3. The van der Waals surface area contributed by atoms with Crippen LogP contribution in [0, 0.1) is 0 Å². The summed E-state index contributed by atoms with van der Waals surface area (Å²) in [5, 5.41) is 1.37. The lowest BCUT2D eigenvalue weighted by molar-refractivity contribution is 0.660. The summed E-state index contributed by atoms with van der Waals surface area (Å²) >= 11 is 6.00. The maximum absolute atomic E-state index is 12.2. The second-order valence-corrected chi connectivity index (χ2v) is 4.21. The van der Waals surface area contributed by atoms with Gasteiger partial charge < -0.3 is 10.2 Å². The highest BCUT2D eigenvalue weighted by Crippen LogP contribution is 2.25. The Hall–Kier alpha value is -2.00. The number of para-hydroxylation sites is 1. The summed E-state index contributed by atoms with van der Waals surface area (Å²) in [6.45, 7) is 0. The average molecular weight is 246 g/mol. The smallest absolute Gasteiger partial charge is 0.200 e.